The highest BCUT2D eigenvalue weighted by Gasteiger charge is 2.22. The summed E-state index contributed by atoms with van der Waals surface area (Å²) in [5, 5.41) is 9.14. The molecule has 3 rings (SSSR count). The molecule has 0 aromatic carbocycles. The fraction of sp³-hybridized carbons (Fsp3) is 0.231. The smallest absolute Gasteiger partial charge is 0.150 e. The number of hydrogen-bond donors (Lipinski definition) is 1. The van der Waals surface area contributed by atoms with Crippen LogP contribution in [0.25, 0.3) is 11.5 Å². The molecule has 0 spiro atoms. The van der Waals surface area contributed by atoms with E-state index in [9.17, 15) is 0 Å². The van der Waals surface area contributed by atoms with Crippen molar-refractivity contribution in [3.63, 3.8) is 0 Å². The van der Waals surface area contributed by atoms with Gasteiger partial charge < -0.3 is 9.40 Å². The minimum Gasteiger partial charge on any atom is -0.463 e. The van der Waals surface area contributed by atoms with E-state index in [1.165, 1.54) is 5.56 Å². The van der Waals surface area contributed by atoms with E-state index in [4.69, 9.17) is 21.9 Å². The number of H-pyrrole nitrogens is 1. The number of nitrogens with one attached hydrogen (secondary N) is 1. The third kappa shape index (κ3) is 1.51. The van der Waals surface area contributed by atoms with Gasteiger partial charge in [-0.15, -0.1) is 0 Å². The number of furan rings is 1. The van der Waals surface area contributed by atoms with E-state index in [2.05, 4.69) is 11.1 Å². The molecule has 1 aliphatic carbocycles. The van der Waals surface area contributed by atoms with Gasteiger partial charge in [0.2, 0.25) is 0 Å². The van der Waals surface area contributed by atoms with Crippen LogP contribution in [0.15, 0.2) is 22.8 Å². The quantitative estimate of drug-likeness (QED) is 0.780. The van der Waals surface area contributed by atoms with Crippen LogP contribution in [0.3, 0.4) is 0 Å². The molecule has 0 saturated carbocycles. The predicted molar refractivity (Wildman–Crippen MR) is 66.1 cm³/mol. The minimum absolute atomic E-state index is 0.513. The Morgan fingerprint density at radius 2 is 2.18 bits per heavy atom. The number of nitrogens with zero attached hydrogens (tertiary/aromatic N) is 1. The summed E-state index contributed by atoms with van der Waals surface area (Å²) in [5.41, 5.74) is 3.85. The Morgan fingerprint density at radius 1 is 1.35 bits per heavy atom. The number of nitriles is 1. The van der Waals surface area contributed by atoms with Gasteiger partial charge in [-0.1, -0.05) is 12.2 Å². The number of rotatable bonds is 1. The monoisotopic (exact) mass is 242 g/mol. The van der Waals surface area contributed by atoms with E-state index in [0.717, 1.165) is 36.3 Å². The van der Waals surface area contributed by atoms with Crippen molar-refractivity contribution in [3.05, 3.63) is 39.7 Å². The summed E-state index contributed by atoms with van der Waals surface area (Å²) < 4.78 is 5.93. The van der Waals surface area contributed by atoms with Crippen molar-refractivity contribution in [1.82, 2.24) is 4.98 Å². The maximum atomic E-state index is 9.14. The van der Waals surface area contributed by atoms with Gasteiger partial charge in [0.05, 0.1) is 17.5 Å². The summed E-state index contributed by atoms with van der Waals surface area (Å²) in [6.45, 7) is 0. The van der Waals surface area contributed by atoms with Gasteiger partial charge in [0.15, 0.2) is 0 Å². The normalized spacial score (nSPS) is 13.4. The van der Waals surface area contributed by atoms with E-state index in [-0.39, 0.29) is 0 Å². The molecule has 0 saturated heterocycles. The standard InChI is InChI=1S/C13H10N2OS/c14-7-10-8-3-1-4-9(8)12(15-13(10)17)11-5-2-6-16-11/h2,5-6H,1,3-4H2,(H,15,17). The molecule has 4 heteroatoms. The van der Waals surface area contributed by atoms with Crippen LogP contribution < -0.4 is 0 Å². The molecule has 0 radical (unpaired) electrons. The molecule has 3 nitrogen and oxygen atoms in total. The van der Waals surface area contributed by atoms with Crippen LogP contribution in [0, 0.1) is 16.0 Å². The highest BCUT2D eigenvalue weighted by atomic mass is 32.1. The second-order valence-corrected chi connectivity index (χ2v) is 4.51. The lowest BCUT2D eigenvalue weighted by Crippen LogP contribution is -1.97. The summed E-state index contributed by atoms with van der Waals surface area (Å²) in [4.78, 5) is 3.13. The summed E-state index contributed by atoms with van der Waals surface area (Å²) in [6.07, 6.45) is 4.63. The highest BCUT2D eigenvalue weighted by molar-refractivity contribution is 7.71. The van der Waals surface area contributed by atoms with Gasteiger partial charge in [-0.2, -0.15) is 5.26 Å². The lowest BCUT2D eigenvalue weighted by molar-refractivity contribution is 0.579. The fourth-order valence-corrected chi connectivity index (χ4v) is 2.70. The third-order valence-corrected chi connectivity index (χ3v) is 3.47. The molecule has 17 heavy (non-hydrogen) atoms. The van der Waals surface area contributed by atoms with Crippen molar-refractivity contribution in [2.45, 2.75) is 19.3 Å². The van der Waals surface area contributed by atoms with Gasteiger partial charge in [0.25, 0.3) is 0 Å². The van der Waals surface area contributed by atoms with Crippen molar-refractivity contribution in [1.29, 1.82) is 5.26 Å². The summed E-state index contributed by atoms with van der Waals surface area (Å²) in [7, 11) is 0. The number of aromatic amines is 1. The Bertz CT molecular complexity index is 662. The summed E-state index contributed by atoms with van der Waals surface area (Å²) >= 11 is 5.23. The molecule has 0 fully saturated rings. The first-order valence-corrected chi connectivity index (χ1v) is 5.94. The van der Waals surface area contributed by atoms with E-state index < -0.39 is 0 Å². The van der Waals surface area contributed by atoms with Crippen molar-refractivity contribution < 1.29 is 4.42 Å². The van der Waals surface area contributed by atoms with Crippen LogP contribution in [0.1, 0.15) is 23.1 Å². The zero-order valence-corrected chi connectivity index (χ0v) is 9.93. The topological polar surface area (TPSA) is 52.7 Å². The Morgan fingerprint density at radius 3 is 2.88 bits per heavy atom. The Hall–Kier alpha value is -1.86. The Kier molecular flexibility index (Phi) is 2.34. The molecule has 2 heterocycles. The molecular weight excluding hydrogens is 232 g/mol. The molecule has 1 N–H and O–H groups in total. The Balaban J connectivity index is 2.33. The SMILES string of the molecule is N#Cc1c2c(c(-c3ccco3)[nH]c1=S)CCC2. The second kappa shape index (κ2) is 3.86. The number of fused-ring (bicyclic) bond motifs is 1. The Labute approximate surface area is 104 Å². The van der Waals surface area contributed by atoms with E-state index >= 15 is 0 Å². The van der Waals surface area contributed by atoms with Crippen LogP contribution in [0.5, 0.6) is 0 Å². The van der Waals surface area contributed by atoms with Crippen molar-refractivity contribution in [2.24, 2.45) is 0 Å². The number of hydrogen-bond acceptors (Lipinski definition) is 3. The highest BCUT2D eigenvalue weighted by Crippen LogP contribution is 2.33. The van der Waals surface area contributed by atoms with E-state index in [1.54, 1.807) is 6.26 Å². The van der Waals surface area contributed by atoms with Gasteiger partial charge in [0.1, 0.15) is 16.5 Å². The van der Waals surface area contributed by atoms with Crippen molar-refractivity contribution in [3.8, 4) is 17.5 Å². The van der Waals surface area contributed by atoms with Gasteiger partial charge in [-0.05, 0) is 42.5 Å². The molecule has 0 bridgehead atoms. The summed E-state index contributed by atoms with van der Waals surface area (Å²) in [5.74, 6) is 0.790. The molecule has 0 unspecified atom stereocenters. The second-order valence-electron chi connectivity index (χ2n) is 4.10. The summed E-state index contributed by atoms with van der Waals surface area (Å²) in [6, 6.07) is 5.96. The zero-order valence-electron chi connectivity index (χ0n) is 9.12. The van der Waals surface area contributed by atoms with Gasteiger partial charge in [0, 0.05) is 0 Å². The lowest BCUT2D eigenvalue weighted by Gasteiger charge is -2.08. The third-order valence-electron chi connectivity index (χ3n) is 3.17. The van der Waals surface area contributed by atoms with Gasteiger partial charge >= 0.3 is 0 Å². The minimum atomic E-state index is 0.513. The first-order valence-electron chi connectivity index (χ1n) is 5.53. The van der Waals surface area contributed by atoms with Crippen molar-refractivity contribution >= 4 is 12.2 Å². The molecule has 0 aliphatic heterocycles. The van der Waals surface area contributed by atoms with Crippen LogP contribution >= 0.6 is 12.2 Å². The van der Waals surface area contributed by atoms with E-state index in [0.29, 0.717) is 10.2 Å². The van der Waals surface area contributed by atoms with Crippen LogP contribution in [-0.4, -0.2) is 4.98 Å². The molecule has 84 valence electrons. The first-order chi connectivity index (χ1) is 8.31. The van der Waals surface area contributed by atoms with Gasteiger partial charge in [-0.25, -0.2) is 0 Å². The van der Waals surface area contributed by atoms with Crippen molar-refractivity contribution in [2.75, 3.05) is 0 Å². The molecule has 2 aromatic heterocycles. The first kappa shape index (κ1) is 10.3. The molecular formula is C13H10N2OS. The lowest BCUT2D eigenvalue weighted by atomic mass is 10.0. The maximum absolute atomic E-state index is 9.14. The average Bonchev–Trinajstić information content (AvgIpc) is 2.99. The number of pyridine rings is 1. The molecule has 1 aliphatic rings. The van der Waals surface area contributed by atoms with Crippen LogP contribution in [0.4, 0.5) is 0 Å². The molecule has 0 atom stereocenters. The number of aromatic nitrogens is 1. The van der Waals surface area contributed by atoms with E-state index in [1.807, 2.05) is 12.1 Å². The molecule has 2 aromatic rings. The van der Waals surface area contributed by atoms with Gasteiger partial charge in [-0.3, -0.25) is 0 Å². The maximum Gasteiger partial charge on any atom is 0.150 e. The van der Waals surface area contributed by atoms with Crippen LogP contribution in [-0.2, 0) is 12.8 Å². The zero-order chi connectivity index (χ0) is 11.8. The molecule has 0 amide bonds. The largest absolute Gasteiger partial charge is 0.463 e. The predicted octanol–water partition coefficient (Wildman–Crippen LogP) is 3.36. The van der Waals surface area contributed by atoms with Crippen LogP contribution in [0.2, 0.25) is 0 Å². The fourth-order valence-electron chi connectivity index (χ4n) is 2.43. The average molecular weight is 242 g/mol.